The summed E-state index contributed by atoms with van der Waals surface area (Å²) in [5, 5.41) is 3.40. The molecule has 5 rings (SSSR count). The molecule has 36 heavy (non-hydrogen) atoms. The highest BCUT2D eigenvalue weighted by atomic mass is 19.1. The van der Waals surface area contributed by atoms with E-state index in [0.29, 0.717) is 45.1 Å². The van der Waals surface area contributed by atoms with E-state index >= 15 is 0 Å². The molecule has 0 aliphatic carbocycles. The van der Waals surface area contributed by atoms with Crippen molar-refractivity contribution in [2.75, 3.05) is 12.1 Å². The molecular weight excluding hydrogens is 469 g/mol. The number of hydrogen-bond acceptors (Lipinski definition) is 7. The first-order valence-electron chi connectivity index (χ1n) is 11.0. The van der Waals surface area contributed by atoms with Gasteiger partial charge >= 0.3 is 5.97 Å². The molecule has 2 aromatic heterocycles. The Morgan fingerprint density at radius 2 is 1.89 bits per heavy atom. The summed E-state index contributed by atoms with van der Waals surface area (Å²) in [6, 6.07) is 12.2. The van der Waals surface area contributed by atoms with E-state index < -0.39 is 17.7 Å². The molecule has 3 heterocycles. The number of ether oxygens (including phenoxy) is 3. The van der Waals surface area contributed by atoms with Crippen molar-refractivity contribution in [1.82, 2.24) is 0 Å². The van der Waals surface area contributed by atoms with Gasteiger partial charge in [0.1, 0.15) is 18.0 Å². The number of pyridine rings is 1. The monoisotopic (exact) mass is 490 g/mol. The van der Waals surface area contributed by atoms with Crippen molar-refractivity contribution in [3.63, 3.8) is 0 Å². The number of nitrogens with zero attached hydrogens (tertiary/aromatic N) is 1. The van der Waals surface area contributed by atoms with Crippen molar-refractivity contribution in [3.05, 3.63) is 82.9 Å². The quantitative estimate of drug-likeness (QED) is 0.424. The average molecular weight is 490 g/mol. The number of halogens is 1. The number of anilines is 1. The molecule has 0 radical (unpaired) electrons. The Morgan fingerprint density at radius 3 is 2.67 bits per heavy atom. The molecule has 182 valence electrons. The number of H-pyrrole nitrogens is 1. The van der Waals surface area contributed by atoms with Crippen molar-refractivity contribution in [2.24, 2.45) is 4.99 Å². The van der Waals surface area contributed by atoms with E-state index in [9.17, 15) is 14.0 Å². The van der Waals surface area contributed by atoms with Crippen molar-refractivity contribution in [2.45, 2.75) is 20.5 Å². The van der Waals surface area contributed by atoms with Crippen LogP contribution in [0.25, 0.3) is 11.0 Å². The molecule has 4 aromatic rings. The van der Waals surface area contributed by atoms with E-state index in [1.807, 2.05) is 0 Å². The van der Waals surface area contributed by atoms with Gasteiger partial charge in [-0.3, -0.25) is 9.59 Å². The van der Waals surface area contributed by atoms with Crippen LogP contribution in [0.4, 0.5) is 15.8 Å². The number of rotatable bonds is 5. The number of carbonyl (C=O) groups excluding carboxylic acids is 2. The highest BCUT2D eigenvalue weighted by Gasteiger charge is 2.20. The number of esters is 1. The maximum atomic E-state index is 13.4. The standard InChI is InChI=1S/C26H20FN3O6/c1-14-24-20(16(11-28-14)12-33-15(2)31)10-21(26(36-24)30-18-5-3-17(27)4-6-18)25(32)29-19-7-8-22-23(9-19)35-13-34-22/h3-11H,12-13H2,1-2H3,(H,29,32)/p+1. The number of hydrogen-bond donors (Lipinski definition) is 1. The van der Waals surface area contributed by atoms with Crippen molar-refractivity contribution in [1.29, 1.82) is 0 Å². The summed E-state index contributed by atoms with van der Waals surface area (Å²) in [7, 11) is 0. The van der Waals surface area contributed by atoms with Gasteiger partial charge in [0, 0.05) is 31.0 Å². The summed E-state index contributed by atoms with van der Waals surface area (Å²) in [5.41, 5.74) is 2.74. The van der Waals surface area contributed by atoms with Crippen LogP contribution in [0.2, 0.25) is 0 Å². The van der Waals surface area contributed by atoms with Crippen LogP contribution < -0.4 is 25.3 Å². The number of aromatic amines is 1. The van der Waals surface area contributed by atoms with Gasteiger partial charge in [-0.05, 0) is 42.5 Å². The smallest absolute Gasteiger partial charge is 0.302 e. The molecule has 0 unspecified atom stereocenters. The molecule has 2 N–H and O–H groups in total. The molecule has 2 aromatic carbocycles. The number of fused-ring (bicyclic) bond motifs is 2. The third kappa shape index (κ3) is 4.74. The highest BCUT2D eigenvalue weighted by molar-refractivity contribution is 6.05. The number of amides is 1. The Hall–Kier alpha value is -4.73. The van der Waals surface area contributed by atoms with E-state index in [4.69, 9.17) is 18.6 Å². The van der Waals surface area contributed by atoms with Gasteiger partial charge in [-0.25, -0.2) is 14.4 Å². The molecule has 1 aliphatic rings. The fourth-order valence-corrected chi connectivity index (χ4v) is 3.68. The van der Waals surface area contributed by atoms with Gasteiger partial charge in [0.15, 0.2) is 17.7 Å². The van der Waals surface area contributed by atoms with Gasteiger partial charge in [-0.1, -0.05) is 0 Å². The number of carbonyl (C=O) groups is 2. The second kappa shape index (κ2) is 9.49. The lowest BCUT2D eigenvalue weighted by Gasteiger charge is -2.09. The summed E-state index contributed by atoms with van der Waals surface area (Å²) in [6.07, 6.45) is 1.69. The molecule has 0 fully saturated rings. The number of benzene rings is 2. The predicted molar refractivity (Wildman–Crippen MR) is 125 cm³/mol. The molecular formula is C26H21FN3O6+. The van der Waals surface area contributed by atoms with E-state index in [2.05, 4.69) is 15.3 Å². The lowest BCUT2D eigenvalue weighted by Crippen LogP contribution is -2.23. The van der Waals surface area contributed by atoms with Gasteiger partial charge in [0.25, 0.3) is 5.91 Å². The summed E-state index contributed by atoms with van der Waals surface area (Å²) in [4.78, 5) is 32.3. The Balaban J connectivity index is 1.63. The Bertz CT molecular complexity index is 1560. The SMILES string of the molecule is CC(=O)OCc1c[nH+]c(C)c2oc(=Nc3ccc(F)cc3)c(C(=O)Nc3ccc4c(c3)OCO4)cc12. The highest BCUT2D eigenvalue weighted by Crippen LogP contribution is 2.34. The van der Waals surface area contributed by atoms with Gasteiger partial charge in [0.05, 0.1) is 11.3 Å². The van der Waals surface area contributed by atoms with E-state index in [0.717, 1.165) is 0 Å². The number of aryl methyl sites for hydroxylation is 1. The molecule has 0 bridgehead atoms. The first kappa shape index (κ1) is 23.0. The zero-order valence-electron chi connectivity index (χ0n) is 19.4. The topological polar surface area (TPSA) is 114 Å². The van der Waals surface area contributed by atoms with E-state index in [1.54, 1.807) is 37.4 Å². The lowest BCUT2D eigenvalue weighted by atomic mass is 10.1. The molecule has 9 nitrogen and oxygen atoms in total. The average Bonchev–Trinajstić information content (AvgIpc) is 3.33. The first-order valence-corrected chi connectivity index (χ1v) is 11.0. The van der Waals surface area contributed by atoms with Crippen molar-refractivity contribution in [3.8, 4) is 11.5 Å². The Morgan fingerprint density at radius 1 is 1.11 bits per heavy atom. The lowest BCUT2D eigenvalue weighted by molar-refractivity contribution is -0.386. The van der Waals surface area contributed by atoms with Crippen LogP contribution in [0.15, 0.2) is 64.1 Å². The van der Waals surface area contributed by atoms with Gasteiger partial charge in [0.2, 0.25) is 23.6 Å². The molecule has 10 heteroatoms. The summed E-state index contributed by atoms with van der Waals surface area (Å²) < 4.78 is 35.4. The van der Waals surface area contributed by atoms with Crippen LogP contribution in [-0.4, -0.2) is 18.7 Å². The van der Waals surface area contributed by atoms with Crippen molar-refractivity contribution < 1.29 is 37.6 Å². The van der Waals surface area contributed by atoms with Gasteiger partial charge in [-0.15, -0.1) is 0 Å². The maximum absolute atomic E-state index is 13.4. The summed E-state index contributed by atoms with van der Waals surface area (Å²) in [5.74, 6) is -0.246. The second-order valence-electron chi connectivity index (χ2n) is 8.04. The van der Waals surface area contributed by atoms with Gasteiger partial charge in [-0.2, -0.15) is 0 Å². The third-order valence-electron chi connectivity index (χ3n) is 5.48. The number of nitrogens with one attached hydrogen (secondary N) is 2. The minimum Gasteiger partial charge on any atom is -0.461 e. The third-order valence-corrected chi connectivity index (χ3v) is 5.48. The maximum Gasteiger partial charge on any atom is 0.302 e. The van der Waals surface area contributed by atoms with Crippen LogP contribution in [-0.2, 0) is 16.1 Å². The minimum absolute atomic E-state index is 0.0181. The Kier molecular flexibility index (Phi) is 6.07. The number of aromatic nitrogens is 1. The molecule has 0 spiro atoms. The summed E-state index contributed by atoms with van der Waals surface area (Å²) >= 11 is 0. The molecule has 1 amide bonds. The first-order chi connectivity index (χ1) is 17.4. The van der Waals surface area contributed by atoms with Crippen LogP contribution in [0.1, 0.15) is 28.5 Å². The minimum atomic E-state index is -0.496. The fraction of sp³-hybridized carbons (Fsp3) is 0.154. The van der Waals surface area contributed by atoms with E-state index in [-0.39, 0.29) is 24.5 Å². The summed E-state index contributed by atoms with van der Waals surface area (Å²) in [6.45, 7) is 3.21. The van der Waals surface area contributed by atoms with Crippen LogP contribution in [0, 0.1) is 12.7 Å². The molecule has 1 aliphatic heterocycles. The second-order valence-corrected chi connectivity index (χ2v) is 8.04. The zero-order chi connectivity index (χ0) is 25.2. The van der Waals surface area contributed by atoms with Crippen LogP contribution in [0.3, 0.4) is 0 Å². The van der Waals surface area contributed by atoms with Gasteiger partial charge < -0.3 is 23.9 Å². The molecule has 0 saturated carbocycles. The largest absolute Gasteiger partial charge is 0.461 e. The fourth-order valence-electron chi connectivity index (χ4n) is 3.68. The zero-order valence-corrected chi connectivity index (χ0v) is 19.4. The van der Waals surface area contributed by atoms with Crippen LogP contribution in [0.5, 0.6) is 11.5 Å². The normalized spacial score (nSPS) is 12.6. The van der Waals surface area contributed by atoms with Crippen molar-refractivity contribution >= 4 is 34.2 Å². The van der Waals surface area contributed by atoms with E-state index in [1.165, 1.54) is 31.2 Å². The Labute approximate surface area is 204 Å². The van der Waals surface area contributed by atoms with Crippen LogP contribution >= 0.6 is 0 Å². The molecule has 0 atom stereocenters. The predicted octanol–water partition coefficient (Wildman–Crippen LogP) is 3.97. The molecule has 0 saturated heterocycles.